The number of nitriles is 1. The SMILES string of the molecule is CC(C)C[C@@H](NC(=O)C(F)(F)F)C(=O)N1[C@@H]2CC[C@H]([C@@H]1C(=O)N[C@H](C#N)C[C@@H]1CCNC1=O)C(F)(F)C2. The molecule has 3 heterocycles. The Morgan fingerprint density at radius 2 is 1.86 bits per heavy atom. The van der Waals surface area contributed by atoms with Crippen LogP contribution in [0.3, 0.4) is 0 Å². The second kappa shape index (κ2) is 10.8. The monoisotopic (exact) mass is 535 g/mol. The van der Waals surface area contributed by atoms with E-state index in [9.17, 15) is 46.4 Å². The third-order valence-electron chi connectivity index (χ3n) is 7.18. The molecule has 4 aliphatic rings. The Labute approximate surface area is 210 Å². The van der Waals surface area contributed by atoms with Crippen molar-refractivity contribution in [3.8, 4) is 6.07 Å². The summed E-state index contributed by atoms with van der Waals surface area (Å²) in [7, 11) is 0. The van der Waals surface area contributed by atoms with Crippen molar-refractivity contribution in [1.82, 2.24) is 20.9 Å². The molecule has 0 unspecified atom stereocenters. The number of nitrogens with zero attached hydrogens (tertiary/aromatic N) is 2. The predicted octanol–water partition coefficient (Wildman–Crippen LogP) is 1.63. The van der Waals surface area contributed by atoms with E-state index in [-0.39, 0.29) is 37.5 Å². The van der Waals surface area contributed by atoms with Crippen LogP contribution in [0, 0.1) is 29.1 Å². The first kappa shape index (κ1) is 28.6. The van der Waals surface area contributed by atoms with Gasteiger partial charge in [0, 0.05) is 24.9 Å². The predicted molar refractivity (Wildman–Crippen MR) is 117 cm³/mol. The molecular weight excluding hydrogens is 505 g/mol. The Morgan fingerprint density at radius 1 is 1.19 bits per heavy atom. The molecule has 37 heavy (non-hydrogen) atoms. The van der Waals surface area contributed by atoms with Crippen molar-refractivity contribution in [2.45, 2.75) is 88.6 Å². The van der Waals surface area contributed by atoms with Crippen LogP contribution in [0.5, 0.6) is 0 Å². The van der Waals surface area contributed by atoms with Gasteiger partial charge in [-0.1, -0.05) is 13.8 Å². The molecule has 206 valence electrons. The molecule has 9 nitrogen and oxygen atoms in total. The van der Waals surface area contributed by atoms with Crippen LogP contribution in [0.25, 0.3) is 0 Å². The topological polar surface area (TPSA) is 131 Å². The minimum atomic E-state index is -5.27. The first-order chi connectivity index (χ1) is 17.2. The van der Waals surface area contributed by atoms with Crippen LogP contribution in [0.4, 0.5) is 22.0 Å². The van der Waals surface area contributed by atoms with Gasteiger partial charge in [0.05, 0.1) is 12.0 Å². The number of nitrogens with one attached hydrogen (secondary N) is 3. The van der Waals surface area contributed by atoms with Crippen molar-refractivity contribution < 1.29 is 41.1 Å². The lowest BCUT2D eigenvalue weighted by molar-refractivity contribution is -0.196. The fraction of sp³-hybridized carbons (Fsp3) is 0.783. The Kier molecular flexibility index (Phi) is 8.34. The van der Waals surface area contributed by atoms with E-state index in [2.05, 4.69) is 10.6 Å². The summed E-state index contributed by atoms with van der Waals surface area (Å²) in [6.07, 6.45) is -5.87. The molecule has 6 atom stereocenters. The summed E-state index contributed by atoms with van der Waals surface area (Å²) < 4.78 is 68.5. The highest BCUT2D eigenvalue weighted by molar-refractivity contribution is 5.94. The number of rotatable bonds is 8. The van der Waals surface area contributed by atoms with Crippen molar-refractivity contribution in [1.29, 1.82) is 5.26 Å². The lowest BCUT2D eigenvalue weighted by atomic mass is 9.71. The van der Waals surface area contributed by atoms with Gasteiger partial charge in [-0.15, -0.1) is 0 Å². The molecule has 1 aliphatic carbocycles. The van der Waals surface area contributed by atoms with Crippen molar-refractivity contribution >= 4 is 23.6 Å². The number of hydrogen-bond acceptors (Lipinski definition) is 5. The Balaban J connectivity index is 1.87. The van der Waals surface area contributed by atoms with Gasteiger partial charge in [0.1, 0.15) is 18.1 Å². The Morgan fingerprint density at radius 3 is 2.38 bits per heavy atom. The largest absolute Gasteiger partial charge is 0.471 e. The molecule has 4 fully saturated rings. The molecule has 4 amide bonds. The van der Waals surface area contributed by atoms with Gasteiger partial charge in [0.2, 0.25) is 17.7 Å². The normalized spacial score (nSPS) is 28.3. The summed E-state index contributed by atoms with van der Waals surface area (Å²) in [5.74, 6) is -10.6. The molecule has 0 spiro atoms. The molecule has 0 aromatic heterocycles. The van der Waals surface area contributed by atoms with Crippen LogP contribution in [0.1, 0.15) is 52.4 Å². The summed E-state index contributed by atoms with van der Waals surface area (Å²) in [5, 5.41) is 16.1. The maximum absolute atomic E-state index is 14.9. The first-order valence-electron chi connectivity index (χ1n) is 12.2. The summed E-state index contributed by atoms with van der Waals surface area (Å²) in [4.78, 5) is 51.1. The highest BCUT2D eigenvalue weighted by Gasteiger charge is 2.61. The number of halogens is 5. The van der Waals surface area contributed by atoms with Gasteiger partial charge < -0.3 is 20.9 Å². The molecule has 0 aromatic carbocycles. The van der Waals surface area contributed by atoms with Crippen molar-refractivity contribution in [3.63, 3.8) is 0 Å². The van der Waals surface area contributed by atoms with Gasteiger partial charge in [-0.2, -0.15) is 18.4 Å². The highest BCUT2D eigenvalue weighted by atomic mass is 19.4. The van der Waals surface area contributed by atoms with E-state index in [4.69, 9.17) is 0 Å². The summed E-state index contributed by atoms with van der Waals surface area (Å²) >= 11 is 0. The van der Waals surface area contributed by atoms with Crippen LogP contribution in [0.2, 0.25) is 0 Å². The minimum Gasteiger partial charge on any atom is -0.356 e. The fourth-order valence-electron chi connectivity index (χ4n) is 5.49. The average molecular weight is 536 g/mol. The number of carbonyl (C=O) groups excluding carboxylic acids is 4. The zero-order chi connectivity index (χ0) is 27.7. The molecule has 4 rings (SSSR count). The number of alkyl halides is 5. The van der Waals surface area contributed by atoms with Gasteiger partial charge in [0.15, 0.2) is 0 Å². The molecule has 3 N–H and O–H groups in total. The molecule has 3 aliphatic heterocycles. The molecule has 2 bridgehead atoms. The Hall–Kier alpha value is -2.98. The van der Waals surface area contributed by atoms with E-state index < -0.39 is 72.2 Å². The van der Waals surface area contributed by atoms with Crippen LogP contribution >= 0.6 is 0 Å². The van der Waals surface area contributed by atoms with Crippen molar-refractivity contribution in [3.05, 3.63) is 0 Å². The second-order valence-electron chi connectivity index (χ2n) is 10.3. The summed E-state index contributed by atoms with van der Waals surface area (Å²) in [6.45, 7) is 3.62. The van der Waals surface area contributed by atoms with E-state index in [0.29, 0.717) is 13.0 Å². The van der Waals surface area contributed by atoms with Gasteiger partial charge in [0.25, 0.3) is 5.92 Å². The van der Waals surface area contributed by atoms with E-state index in [0.717, 1.165) is 4.90 Å². The van der Waals surface area contributed by atoms with E-state index in [1.54, 1.807) is 19.2 Å². The number of fused-ring (bicyclic) bond motifs is 3. The van der Waals surface area contributed by atoms with E-state index in [1.165, 1.54) is 0 Å². The quantitative estimate of drug-likeness (QED) is 0.407. The van der Waals surface area contributed by atoms with Gasteiger partial charge in [-0.3, -0.25) is 19.2 Å². The van der Waals surface area contributed by atoms with Crippen LogP contribution in [-0.4, -0.2) is 71.3 Å². The molecule has 14 heteroatoms. The number of carbonyl (C=O) groups is 4. The average Bonchev–Trinajstić information content (AvgIpc) is 3.19. The third-order valence-corrected chi connectivity index (χ3v) is 7.18. The number of amides is 4. The standard InChI is InChI=1S/C23H30F5N5O4/c1-11(2)7-16(32-21(37)23(26,27)28)20(36)33-14-3-4-15(22(24,25)9-14)17(33)19(35)31-13(10-29)8-12-5-6-30-18(12)34/h11-17H,3-9H2,1-2H3,(H,30,34)(H,31,35)(H,32,37)/t12-,13-,14+,15+,16+,17+/m0/s1. The van der Waals surface area contributed by atoms with E-state index in [1.807, 2.05) is 6.07 Å². The highest BCUT2D eigenvalue weighted by Crippen LogP contribution is 2.49. The third kappa shape index (κ3) is 6.30. The van der Waals surface area contributed by atoms with Gasteiger partial charge in [-0.05, 0) is 38.0 Å². The summed E-state index contributed by atoms with van der Waals surface area (Å²) in [6, 6.07) is -3.94. The maximum atomic E-state index is 14.9. The first-order valence-corrected chi connectivity index (χ1v) is 12.2. The summed E-state index contributed by atoms with van der Waals surface area (Å²) in [5.41, 5.74) is 0. The van der Waals surface area contributed by atoms with Crippen LogP contribution in [0.15, 0.2) is 0 Å². The lowest BCUT2D eigenvalue weighted by Crippen LogP contribution is -2.71. The zero-order valence-electron chi connectivity index (χ0n) is 20.4. The van der Waals surface area contributed by atoms with Gasteiger partial charge in [-0.25, -0.2) is 8.78 Å². The molecular formula is C23H30F5N5O4. The molecule has 0 radical (unpaired) electrons. The van der Waals surface area contributed by atoms with Crippen molar-refractivity contribution in [2.24, 2.45) is 17.8 Å². The maximum Gasteiger partial charge on any atom is 0.471 e. The smallest absolute Gasteiger partial charge is 0.356 e. The second-order valence-corrected chi connectivity index (χ2v) is 10.3. The molecule has 1 saturated carbocycles. The van der Waals surface area contributed by atoms with Gasteiger partial charge >= 0.3 is 12.1 Å². The lowest BCUT2D eigenvalue weighted by Gasteiger charge is -2.54. The Bertz CT molecular complexity index is 966. The van der Waals surface area contributed by atoms with E-state index >= 15 is 0 Å². The number of piperidine rings is 2. The fourth-order valence-corrected chi connectivity index (χ4v) is 5.49. The van der Waals surface area contributed by atoms with Crippen molar-refractivity contribution in [2.75, 3.05) is 6.54 Å². The van der Waals surface area contributed by atoms with Crippen LogP contribution in [-0.2, 0) is 19.2 Å². The minimum absolute atomic E-state index is 0.0587. The molecule has 3 saturated heterocycles. The zero-order valence-corrected chi connectivity index (χ0v) is 20.4. The number of hydrogen-bond donors (Lipinski definition) is 3. The van der Waals surface area contributed by atoms with Crippen LogP contribution < -0.4 is 16.0 Å². The molecule has 0 aromatic rings.